The second-order valence-corrected chi connectivity index (χ2v) is 3.92. The highest BCUT2D eigenvalue weighted by Gasteiger charge is 1.98. The summed E-state index contributed by atoms with van der Waals surface area (Å²) in [5.74, 6) is 0. The molecule has 0 fully saturated rings. The first kappa shape index (κ1) is 14.2. The van der Waals surface area contributed by atoms with Gasteiger partial charge in [-0.3, -0.25) is 0 Å². The summed E-state index contributed by atoms with van der Waals surface area (Å²) in [6.07, 6.45) is 10.9. The molecule has 15 heavy (non-hydrogen) atoms. The van der Waals surface area contributed by atoms with Crippen molar-refractivity contribution in [2.24, 2.45) is 5.73 Å². The minimum atomic E-state index is 0.307. The second kappa shape index (κ2) is 9.78. The van der Waals surface area contributed by atoms with Gasteiger partial charge in [0.1, 0.15) is 0 Å². The van der Waals surface area contributed by atoms with Gasteiger partial charge in [0.25, 0.3) is 0 Å². The summed E-state index contributed by atoms with van der Waals surface area (Å²) in [5, 5.41) is 3.24. The van der Waals surface area contributed by atoms with E-state index in [1.54, 1.807) is 0 Å². The first-order chi connectivity index (χ1) is 7.24. The zero-order valence-electron chi connectivity index (χ0n) is 10.3. The molecule has 0 heterocycles. The van der Waals surface area contributed by atoms with Gasteiger partial charge in [0, 0.05) is 18.8 Å². The molecule has 0 saturated heterocycles. The van der Waals surface area contributed by atoms with Gasteiger partial charge in [0.2, 0.25) is 0 Å². The lowest BCUT2D eigenvalue weighted by Gasteiger charge is -2.09. The molecule has 0 bridgehead atoms. The van der Waals surface area contributed by atoms with Gasteiger partial charge in [0.05, 0.1) is 0 Å². The van der Waals surface area contributed by atoms with Crippen LogP contribution < -0.4 is 11.1 Å². The van der Waals surface area contributed by atoms with Crippen molar-refractivity contribution in [3.63, 3.8) is 0 Å². The molecule has 0 aromatic rings. The van der Waals surface area contributed by atoms with Crippen molar-refractivity contribution in [2.75, 3.05) is 7.05 Å². The van der Waals surface area contributed by atoms with Gasteiger partial charge in [0.15, 0.2) is 0 Å². The van der Waals surface area contributed by atoms with Crippen LogP contribution in [0, 0.1) is 0 Å². The molecule has 0 radical (unpaired) electrons. The third kappa shape index (κ3) is 8.25. The number of nitrogens with one attached hydrogen (secondary N) is 1. The number of allylic oxidation sites excluding steroid dienone is 2. The molecule has 0 aliphatic heterocycles. The zero-order chi connectivity index (χ0) is 11.5. The zero-order valence-corrected chi connectivity index (χ0v) is 10.3. The smallest absolute Gasteiger partial charge is 0.00715 e. The van der Waals surface area contributed by atoms with Gasteiger partial charge >= 0.3 is 0 Å². The molecule has 0 aromatic carbocycles. The highest BCUT2D eigenvalue weighted by Crippen LogP contribution is 2.08. The van der Waals surface area contributed by atoms with E-state index in [0.29, 0.717) is 6.04 Å². The monoisotopic (exact) mass is 210 g/mol. The van der Waals surface area contributed by atoms with Crippen molar-refractivity contribution in [1.29, 1.82) is 0 Å². The second-order valence-electron chi connectivity index (χ2n) is 3.92. The van der Waals surface area contributed by atoms with Gasteiger partial charge in [-0.2, -0.15) is 0 Å². The Morgan fingerprint density at radius 3 is 2.73 bits per heavy atom. The van der Waals surface area contributed by atoms with Gasteiger partial charge in [-0.1, -0.05) is 19.1 Å². The number of hydrogen-bond donors (Lipinski definition) is 2. The molecule has 2 nitrogen and oxygen atoms in total. The molecule has 2 heteroatoms. The minimum Gasteiger partial charge on any atom is -0.392 e. The van der Waals surface area contributed by atoms with Crippen LogP contribution in [-0.2, 0) is 0 Å². The molecule has 0 spiro atoms. The van der Waals surface area contributed by atoms with Gasteiger partial charge in [-0.25, -0.2) is 0 Å². The highest BCUT2D eigenvalue weighted by molar-refractivity contribution is 4.99. The Kier molecular flexibility index (Phi) is 9.29. The van der Waals surface area contributed by atoms with Crippen LogP contribution in [0.15, 0.2) is 24.4 Å². The predicted molar refractivity (Wildman–Crippen MR) is 68.7 cm³/mol. The molecule has 0 aliphatic carbocycles. The fourth-order valence-electron chi connectivity index (χ4n) is 1.39. The van der Waals surface area contributed by atoms with E-state index in [0.717, 1.165) is 25.7 Å². The Morgan fingerprint density at radius 1 is 1.47 bits per heavy atom. The maximum absolute atomic E-state index is 5.87. The fraction of sp³-hybridized carbons (Fsp3) is 0.692. The largest absolute Gasteiger partial charge is 0.392 e. The molecule has 0 rings (SSSR count). The van der Waals surface area contributed by atoms with Crippen LogP contribution in [0.5, 0.6) is 0 Å². The van der Waals surface area contributed by atoms with Gasteiger partial charge in [-0.15, -0.1) is 6.58 Å². The first-order valence-corrected chi connectivity index (χ1v) is 5.97. The summed E-state index contributed by atoms with van der Waals surface area (Å²) >= 11 is 0. The van der Waals surface area contributed by atoms with Crippen molar-refractivity contribution < 1.29 is 0 Å². The molecule has 0 aromatic heterocycles. The summed E-state index contributed by atoms with van der Waals surface area (Å²) in [6, 6.07) is 0.307. The summed E-state index contributed by atoms with van der Waals surface area (Å²) in [6.45, 7) is 5.85. The van der Waals surface area contributed by atoms with Crippen LogP contribution in [0.2, 0.25) is 0 Å². The summed E-state index contributed by atoms with van der Waals surface area (Å²) < 4.78 is 0. The maximum Gasteiger partial charge on any atom is 0.00715 e. The fourth-order valence-corrected chi connectivity index (χ4v) is 1.39. The Bertz CT molecular complexity index is 185. The molecule has 0 amide bonds. The maximum atomic E-state index is 5.87. The topological polar surface area (TPSA) is 38.0 Å². The van der Waals surface area contributed by atoms with E-state index in [-0.39, 0.29) is 0 Å². The van der Waals surface area contributed by atoms with Gasteiger partial charge in [-0.05, 0) is 38.5 Å². The molecule has 3 N–H and O–H groups in total. The van der Waals surface area contributed by atoms with Crippen LogP contribution in [0.25, 0.3) is 0 Å². The molecule has 1 atom stereocenters. The third-order valence-corrected chi connectivity index (χ3v) is 2.62. The van der Waals surface area contributed by atoms with Crippen LogP contribution >= 0.6 is 0 Å². The molecule has 1 unspecified atom stereocenters. The lowest BCUT2D eigenvalue weighted by atomic mass is 10.1. The Hall–Kier alpha value is -0.760. The van der Waals surface area contributed by atoms with E-state index in [2.05, 4.69) is 24.9 Å². The first-order valence-electron chi connectivity index (χ1n) is 5.97. The van der Waals surface area contributed by atoms with Crippen LogP contribution in [0.1, 0.15) is 45.4 Å². The van der Waals surface area contributed by atoms with E-state index in [1.165, 1.54) is 18.5 Å². The molecule has 0 aliphatic rings. The van der Waals surface area contributed by atoms with E-state index in [4.69, 9.17) is 5.73 Å². The summed E-state index contributed by atoms with van der Waals surface area (Å²) in [7, 11) is 1.98. The Labute approximate surface area is 94.6 Å². The van der Waals surface area contributed by atoms with Crippen molar-refractivity contribution >= 4 is 0 Å². The van der Waals surface area contributed by atoms with Crippen molar-refractivity contribution in [3.05, 3.63) is 24.4 Å². The van der Waals surface area contributed by atoms with Crippen LogP contribution in [0.3, 0.4) is 0 Å². The predicted octanol–water partition coefficient (Wildman–Crippen LogP) is 2.96. The van der Waals surface area contributed by atoms with Crippen molar-refractivity contribution in [3.8, 4) is 0 Å². The van der Waals surface area contributed by atoms with Crippen LogP contribution in [-0.4, -0.2) is 13.1 Å². The highest BCUT2D eigenvalue weighted by atomic mass is 14.8. The third-order valence-electron chi connectivity index (χ3n) is 2.62. The average Bonchev–Trinajstić information content (AvgIpc) is 2.27. The summed E-state index contributed by atoms with van der Waals surface area (Å²) in [4.78, 5) is 0. The van der Waals surface area contributed by atoms with E-state index in [9.17, 15) is 0 Å². The van der Waals surface area contributed by atoms with E-state index >= 15 is 0 Å². The van der Waals surface area contributed by atoms with E-state index < -0.39 is 0 Å². The number of nitrogens with two attached hydrogens (primary N) is 1. The molecular formula is C13H26N2. The molecular weight excluding hydrogens is 184 g/mol. The molecule has 88 valence electrons. The lowest BCUT2D eigenvalue weighted by Crippen LogP contribution is -2.18. The quantitative estimate of drug-likeness (QED) is 0.453. The summed E-state index contributed by atoms with van der Waals surface area (Å²) in [5.41, 5.74) is 7.19. The number of rotatable bonds is 9. The van der Waals surface area contributed by atoms with E-state index in [1.807, 2.05) is 13.1 Å². The molecule has 0 saturated carbocycles. The number of unbranched alkanes of at least 4 members (excludes halogenated alkanes) is 2. The SMILES string of the molecule is C=CCCCCC(=CCC(N)CC)NC. The standard InChI is InChI=1S/C13H26N2/c1-4-6-7-8-9-13(15-3)11-10-12(14)5-2/h4,11-12,15H,1,5-10,14H2,2-3H3. The minimum absolute atomic E-state index is 0.307. The Balaban J connectivity index is 3.74. The normalized spacial score (nSPS) is 13.7. The van der Waals surface area contributed by atoms with Crippen molar-refractivity contribution in [1.82, 2.24) is 5.32 Å². The number of hydrogen-bond acceptors (Lipinski definition) is 2. The lowest BCUT2D eigenvalue weighted by molar-refractivity contribution is 0.646. The average molecular weight is 210 g/mol. The van der Waals surface area contributed by atoms with Crippen LogP contribution in [0.4, 0.5) is 0 Å². The van der Waals surface area contributed by atoms with Crippen molar-refractivity contribution in [2.45, 2.75) is 51.5 Å². The Morgan fingerprint density at radius 2 is 2.20 bits per heavy atom. The van der Waals surface area contributed by atoms with Gasteiger partial charge < -0.3 is 11.1 Å².